The zero-order valence-corrected chi connectivity index (χ0v) is 17.0. The van der Waals surface area contributed by atoms with Crippen molar-refractivity contribution < 1.29 is 14.6 Å². The van der Waals surface area contributed by atoms with Crippen LogP contribution in [0.5, 0.6) is 11.5 Å². The Morgan fingerprint density at radius 2 is 1.50 bits per heavy atom. The summed E-state index contributed by atoms with van der Waals surface area (Å²) in [5, 5.41) is 11.9. The molecule has 2 aromatic carbocycles. The fraction of sp³-hybridized carbons (Fsp3) is 0.259. The highest BCUT2D eigenvalue weighted by molar-refractivity contribution is 5.58. The minimum Gasteiger partial charge on any atom is -0.485 e. The van der Waals surface area contributed by atoms with Gasteiger partial charge >= 0.3 is 0 Å². The molecule has 3 aliphatic rings. The summed E-state index contributed by atoms with van der Waals surface area (Å²) in [7, 11) is 0. The smallest absolute Gasteiger partial charge is 0.149 e. The molecule has 0 radical (unpaired) electrons. The van der Waals surface area contributed by atoms with E-state index in [0.717, 1.165) is 41.0 Å². The molecule has 5 rings (SSSR count). The summed E-state index contributed by atoms with van der Waals surface area (Å²) in [5.41, 5.74) is 2.35. The van der Waals surface area contributed by atoms with Gasteiger partial charge in [0.15, 0.2) is 0 Å². The normalized spacial score (nSPS) is 29.6. The third-order valence-corrected chi connectivity index (χ3v) is 6.66. The van der Waals surface area contributed by atoms with Crippen molar-refractivity contribution in [2.75, 3.05) is 0 Å². The zero-order chi connectivity index (χ0) is 20.9. The Balaban J connectivity index is 1.69. The van der Waals surface area contributed by atoms with E-state index in [0.29, 0.717) is 6.42 Å². The van der Waals surface area contributed by atoms with E-state index in [-0.39, 0.29) is 6.10 Å². The molecule has 2 aromatic rings. The predicted molar refractivity (Wildman–Crippen MR) is 119 cm³/mol. The zero-order valence-electron chi connectivity index (χ0n) is 17.0. The summed E-state index contributed by atoms with van der Waals surface area (Å²) in [4.78, 5) is 0. The number of rotatable bonds is 6. The minimum absolute atomic E-state index is 0.225. The van der Waals surface area contributed by atoms with Crippen LogP contribution in [-0.2, 0) is 23.9 Å². The Kier molecular flexibility index (Phi) is 4.26. The number of hydrogen-bond acceptors (Lipinski definition) is 3. The molecule has 30 heavy (non-hydrogen) atoms. The highest BCUT2D eigenvalue weighted by Crippen LogP contribution is 2.59. The van der Waals surface area contributed by atoms with E-state index in [1.807, 2.05) is 54.6 Å². The fourth-order valence-corrected chi connectivity index (χ4v) is 5.36. The summed E-state index contributed by atoms with van der Waals surface area (Å²) in [6.45, 7) is 11.7. The average molecular weight is 399 g/mol. The lowest BCUT2D eigenvalue weighted by atomic mass is 9.61. The van der Waals surface area contributed by atoms with Gasteiger partial charge in [0.05, 0.1) is 5.41 Å². The Hall–Kier alpha value is -3.04. The van der Waals surface area contributed by atoms with E-state index in [2.05, 4.69) is 31.9 Å². The van der Waals surface area contributed by atoms with Gasteiger partial charge in [-0.2, -0.15) is 0 Å². The maximum Gasteiger partial charge on any atom is 0.149 e. The maximum absolute atomic E-state index is 11.9. The van der Waals surface area contributed by atoms with Crippen LogP contribution in [0.3, 0.4) is 0 Å². The quantitative estimate of drug-likeness (QED) is 0.701. The number of hydrogen-bond donors (Lipinski definition) is 1. The van der Waals surface area contributed by atoms with Crippen molar-refractivity contribution in [3.8, 4) is 11.5 Å². The third kappa shape index (κ3) is 2.42. The second-order valence-electron chi connectivity index (χ2n) is 8.40. The highest BCUT2D eigenvalue weighted by atomic mass is 16.5. The Morgan fingerprint density at radius 3 is 2.13 bits per heavy atom. The van der Waals surface area contributed by atoms with Gasteiger partial charge in [-0.15, -0.1) is 19.7 Å². The van der Waals surface area contributed by atoms with Crippen molar-refractivity contribution in [2.24, 2.45) is 0 Å². The van der Waals surface area contributed by atoms with Gasteiger partial charge in [-0.3, -0.25) is 0 Å². The van der Waals surface area contributed by atoms with Gasteiger partial charge in [0.25, 0.3) is 0 Å². The Labute approximate surface area is 177 Å². The van der Waals surface area contributed by atoms with Crippen LogP contribution in [0.25, 0.3) is 0 Å². The van der Waals surface area contributed by atoms with Crippen LogP contribution in [0.1, 0.15) is 28.7 Å². The molecule has 3 nitrogen and oxygen atoms in total. The van der Waals surface area contributed by atoms with Crippen LogP contribution in [0, 0.1) is 0 Å². The van der Waals surface area contributed by atoms with Crippen LogP contribution in [0.4, 0.5) is 0 Å². The molecule has 0 spiro atoms. The molecule has 0 amide bonds. The van der Waals surface area contributed by atoms with Crippen LogP contribution >= 0.6 is 0 Å². The van der Waals surface area contributed by atoms with Crippen molar-refractivity contribution >= 4 is 0 Å². The summed E-state index contributed by atoms with van der Waals surface area (Å²) in [5.74, 6) is 1.57. The molecule has 0 saturated carbocycles. The van der Waals surface area contributed by atoms with E-state index in [1.54, 1.807) is 0 Å². The second-order valence-corrected chi connectivity index (χ2v) is 8.40. The van der Waals surface area contributed by atoms with Gasteiger partial charge in [-0.25, -0.2) is 0 Å². The number of allylic oxidation sites excluding steroid dienone is 3. The topological polar surface area (TPSA) is 38.7 Å². The molecule has 0 unspecified atom stereocenters. The van der Waals surface area contributed by atoms with Gasteiger partial charge in [0, 0.05) is 11.1 Å². The fourth-order valence-electron chi connectivity index (χ4n) is 5.36. The molecule has 0 bridgehead atoms. The van der Waals surface area contributed by atoms with Gasteiger partial charge in [-0.05, 0) is 60.7 Å². The summed E-state index contributed by atoms with van der Waals surface area (Å²) in [6, 6.07) is 12.3. The van der Waals surface area contributed by atoms with Gasteiger partial charge in [0.2, 0.25) is 0 Å². The van der Waals surface area contributed by atoms with Gasteiger partial charge < -0.3 is 14.6 Å². The Bertz CT molecular complexity index is 1080. The molecule has 2 aliphatic heterocycles. The van der Waals surface area contributed by atoms with Gasteiger partial charge in [-0.1, -0.05) is 36.4 Å². The summed E-state index contributed by atoms with van der Waals surface area (Å²) >= 11 is 0. The average Bonchev–Trinajstić information content (AvgIpc) is 3.21. The SMILES string of the molecule is C=CCc1ccc2c(c1)[C@@]1(CC=C)[C@H](C=C[C@@]3(O)c4cc(CC=C)ccc4O[C@@H]13)O2. The Morgan fingerprint density at radius 1 is 0.867 bits per heavy atom. The van der Waals surface area contributed by atoms with Crippen LogP contribution < -0.4 is 9.47 Å². The van der Waals surface area contributed by atoms with E-state index in [9.17, 15) is 5.11 Å². The first kappa shape index (κ1) is 19.0. The minimum atomic E-state index is -1.23. The van der Waals surface area contributed by atoms with Crippen molar-refractivity contribution in [2.45, 2.75) is 42.5 Å². The van der Waals surface area contributed by atoms with Gasteiger partial charge in [0.1, 0.15) is 29.3 Å². The maximum atomic E-state index is 11.9. The molecular weight excluding hydrogens is 372 g/mol. The molecule has 4 atom stereocenters. The lowest BCUT2D eigenvalue weighted by Gasteiger charge is -2.45. The second kappa shape index (κ2) is 6.75. The summed E-state index contributed by atoms with van der Waals surface area (Å²) < 4.78 is 12.8. The number of benzene rings is 2. The first-order valence-corrected chi connectivity index (χ1v) is 10.4. The van der Waals surface area contributed by atoms with Crippen molar-refractivity contribution in [1.82, 2.24) is 0 Å². The molecule has 0 saturated heterocycles. The largest absolute Gasteiger partial charge is 0.485 e. The van der Waals surface area contributed by atoms with Crippen LogP contribution in [0.15, 0.2) is 86.5 Å². The lowest BCUT2D eigenvalue weighted by molar-refractivity contribution is -0.0685. The van der Waals surface area contributed by atoms with Crippen LogP contribution in [0.2, 0.25) is 0 Å². The van der Waals surface area contributed by atoms with Crippen LogP contribution in [-0.4, -0.2) is 17.3 Å². The van der Waals surface area contributed by atoms with E-state index < -0.39 is 17.1 Å². The van der Waals surface area contributed by atoms with Crippen molar-refractivity contribution in [3.05, 3.63) is 109 Å². The molecule has 1 aliphatic carbocycles. The molecule has 3 heteroatoms. The monoisotopic (exact) mass is 398 g/mol. The molecule has 0 aromatic heterocycles. The molecule has 2 heterocycles. The molecule has 1 N–H and O–H groups in total. The third-order valence-electron chi connectivity index (χ3n) is 6.66. The molecule has 152 valence electrons. The predicted octanol–water partition coefficient (Wildman–Crippen LogP) is 4.94. The van der Waals surface area contributed by atoms with Crippen molar-refractivity contribution in [1.29, 1.82) is 0 Å². The van der Waals surface area contributed by atoms with E-state index in [1.165, 1.54) is 5.56 Å². The lowest BCUT2D eigenvalue weighted by Crippen LogP contribution is -2.59. The standard InChI is InChI=1S/C27H26O3/c1-4-7-18-9-11-22-20(16-18)26(14-6-3)24(29-22)13-15-27(28)21-17-19(8-5-2)10-12-23(21)30-25(26)27/h4-6,9-13,15-17,24-25,28H,1-3,7-8,14H2/t24-,25-,26-,27+/m0/s1. The summed E-state index contributed by atoms with van der Waals surface area (Å²) in [6.07, 6.45) is 10.9. The molecule has 0 fully saturated rings. The number of fused-ring (bicyclic) bond motifs is 7. The van der Waals surface area contributed by atoms with Crippen molar-refractivity contribution in [3.63, 3.8) is 0 Å². The first-order chi connectivity index (χ1) is 14.6. The highest BCUT2D eigenvalue weighted by Gasteiger charge is 2.65. The first-order valence-electron chi connectivity index (χ1n) is 10.4. The van der Waals surface area contributed by atoms with E-state index in [4.69, 9.17) is 9.47 Å². The number of aliphatic hydroxyl groups is 1. The van der Waals surface area contributed by atoms with E-state index >= 15 is 0 Å². The molecular formula is C27H26O3. The number of ether oxygens (including phenoxy) is 2.